The highest BCUT2D eigenvalue weighted by Gasteiger charge is 2.10. The Morgan fingerprint density at radius 2 is 2.07 bits per heavy atom. The molecule has 1 N–H and O–H groups in total. The second-order valence-corrected chi connectivity index (χ2v) is 7.64. The Balaban J connectivity index is 1.45. The lowest BCUT2D eigenvalue weighted by Gasteiger charge is -2.08. The molecule has 0 unspecified atom stereocenters. The van der Waals surface area contributed by atoms with E-state index in [1.807, 2.05) is 17.8 Å². The molecule has 3 aromatic rings. The van der Waals surface area contributed by atoms with Gasteiger partial charge in [-0.25, -0.2) is 4.68 Å². The van der Waals surface area contributed by atoms with E-state index >= 15 is 0 Å². The van der Waals surface area contributed by atoms with Gasteiger partial charge >= 0.3 is 0 Å². The fourth-order valence-corrected chi connectivity index (χ4v) is 3.09. The number of rotatable bonds is 8. The molecule has 0 saturated heterocycles. The second kappa shape index (κ2) is 9.45. The lowest BCUT2D eigenvalue weighted by molar-refractivity contribution is 0.0945. The molecule has 2 aromatic heterocycles. The second-order valence-electron chi connectivity index (χ2n) is 6.00. The first-order valence-electron chi connectivity index (χ1n) is 8.52. The summed E-state index contributed by atoms with van der Waals surface area (Å²) in [6.45, 7) is 3.29. The number of ether oxygens (including phenoxy) is 1. The predicted molar refractivity (Wildman–Crippen MR) is 111 cm³/mol. The van der Waals surface area contributed by atoms with Crippen LogP contribution >= 0.6 is 39.1 Å². The minimum absolute atomic E-state index is 0.112. The number of aryl methyl sites for hydroxylation is 2. The predicted octanol–water partition coefficient (Wildman–Crippen LogP) is 4.31. The standard InChI is InChI=1S/C18H18BrCl2N5O2/c1-12-13(19)10-25(23-12)8-3-7-22-18(27)15-6-9-26(24-15)11-28-16-5-2-4-14(20)17(16)21/h2,4-6,9-10H,3,7-8,11H2,1H3,(H,22,27). The van der Waals surface area contributed by atoms with E-state index in [-0.39, 0.29) is 12.6 Å². The molecule has 3 rings (SSSR count). The lowest BCUT2D eigenvalue weighted by atomic mass is 10.3. The third kappa shape index (κ3) is 5.27. The fraction of sp³-hybridized carbons (Fsp3) is 0.278. The van der Waals surface area contributed by atoms with Crippen LogP contribution in [0.1, 0.15) is 22.6 Å². The molecular weight excluding hydrogens is 469 g/mol. The van der Waals surface area contributed by atoms with Crippen molar-refractivity contribution in [1.82, 2.24) is 24.9 Å². The number of carbonyl (C=O) groups excluding carboxylic acids is 1. The Labute approximate surface area is 180 Å². The highest BCUT2D eigenvalue weighted by Crippen LogP contribution is 2.31. The molecular formula is C18H18BrCl2N5O2. The monoisotopic (exact) mass is 485 g/mol. The van der Waals surface area contributed by atoms with Crippen LogP contribution in [0.3, 0.4) is 0 Å². The number of halogens is 3. The molecule has 0 spiro atoms. The van der Waals surface area contributed by atoms with Gasteiger partial charge in [-0.2, -0.15) is 10.2 Å². The summed E-state index contributed by atoms with van der Waals surface area (Å²) in [6.07, 6.45) is 4.35. The van der Waals surface area contributed by atoms with Gasteiger partial charge in [-0.05, 0) is 47.5 Å². The van der Waals surface area contributed by atoms with Crippen molar-refractivity contribution in [3.8, 4) is 5.75 Å². The van der Waals surface area contributed by atoms with Gasteiger partial charge in [-0.1, -0.05) is 29.3 Å². The first-order chi connectivity index (χ1) is 13.4. The molecule has 1 aromatic carbocycles. The maximum absolute atomic E-state index is 12.2. The van der Waals surface area contributed by atoms with Crippen LogP contribution in [-0.2, 0) is 13.3 Å². The molecule has 10 heteroatoms. The summed E-state index contributed by atoms with van der Waals surface area (Å²) in [7, 11) is 0. The minimum atomic E-state index is -0.239. The van der Waals surface area contributed by atoms with Crippen molar-refractivity contribution < 1.29 is 9.53 Å². The number of amides is 1. The van der Waals surface area contributed by atoms with Crippen LogP contribution in [0.15, 0.2) is 41.1 Å². The molecule has 7 nitrogen and oxygen atoms in total. The third-order valence-corrected chi connectivity index (χ3v) is 5.46. The average molecular weight is 487 g/mol. The summed E-state index contributed by atoms with van der Waals surface area (Å²) in [5, 5.41) is 12.2. The number of nitrogens with zero attached hydrogens (tertiary/aromatic N) is 4. The Hall–Kier alpha value is -2.03. The quantitative estimate of drug-likeness (QED) is 0.481. The van der Waals surface area contributed by atoms with Crippen molar-refractivity contribution in [1.29, 1.82) is 0 Å². The van der Waals surface area contributed by atoms with E-state index < -0.39 is 0 Å². The SMILES string of the molecule is Cc1nn(CCCNC(=O)c2ccn(COc3cccc(Cl)c3Cl)n2)cc1Br. The first-order valence-corrected chi connectivity index (χ1v) is 10.1. The fourth-order valence-electron chi connectivity index (χ4n) is 2.43. The Morgan fingerprint density at radius 3 is 2.82 bits per heavy atom. The van der Waals surface area contributed by atoms with Crippen LogP contribution in [0, 0.1) is 6.92 Å². The van der Waals surface area contributed by atoms with E-state index in [0.29, 0.717) is 28.0 Å². The molecule has 1 amide bonds. The summed E-state index contributed by atoms with van der Waals surface area (Å²) in [4.78, 5) is 12.2. The number of nitrogens with one attached hydrogen (secondary N) is 1. The Morgan fingerprint density at radius 1 is 1.25 bits per heavy atom. The molecule has 0 aliphatic heterocycles. The van der Waals surface area contributed by atoms with Gasteiger partial charge in [0, 0.05) is 25.5 Å². The van der Waals surface area contributed by atoms with Gasteiger partial charge in [-0.3, -0.25) is 9.48 Å². The van der Waals surface area contributed by atoms with Crippen LogP contribution < -0.4 is 10.1 Å². The van der Waals surface area contributed by atoms with E-state index in [2.05, 4.69) is 31.4 Å². The lowest BCUT2D eigenvalue weighted by Crippen LogP contribution is -2.26. The topological polar surface area (TPSA) is 74.0 Å². The van der Waals surface area contributed by atoms with Gasteiger partial charge in [0.25, 0.3) is 5.91 Å². The Kier molecular flexibility index (Phi) is 6.98. The zero-order valence-corrected chi connectivity index (χ0v) is 18.1. The molecule has 148 valence electrons. The van der Waals surface area contributed by atoms with Gasteiger partial charge in [0.05, 0.1) is 15.2 Å². The highest BCUT2D eigenvalue weighted by molar-refractivity contribution is 9.10. The van der Waals surface area contributed by atoms with Gasteiger partial charge in [0.2, 0.25) is 0 Å². The zero-order valence-electron chi connectivity index (χ0n) is 15.0. The molecule has 0 aliphatic carbocycles. The number of aromatic nitrogens is 4. The van der Waals surface area contributed by atoms with E-state index in [0.717, 1.165) is 23.1 Å². The summed E-state index contributed by atoms with van der Waals surface area (Å²) >= 11 is 15.5. The molecule has 0 aliphatic rings. The van der Waals surface area contributed by atoms with Crippen LogP contribution in [-0.4, -0.2) is 32.0 Å². The van der Waals surface area contributed by atoms with Crippen molar-refractivity contribution in [2.24, 2.45) is 0 Å². The van der Waals surface area contributed by atoms with Crippen molar-refractivity contribution >= 4 is 45.0 Å². The normalized spacial score (nSPS) is 10.9. The van der Waals surface area contributed by atoms with E-state index in [1.54, 1.807) is 30.5 Å². The molecule has 28 heavy (non-hydrogen) atoms. The van der Waals surface area contributed by atoms with Gasteiger partial charge < -0.3 is 10.1 Å². The van der Waals surface area contributed by atoms with Crippen molar-refractivity contribution in [3.63, 3.8) is 0 Å². The number of hydrogen-bond donors (Lipinski definition) is 1. The van der Waals surface area contributed by atoms with Crippen LogP contribution in [0.5, 0.6) is 5.75 Å². The first kappa shape index (κ1) is 20.7. The molecule has 0 fully saturated rings. The number of benzene rings is 1. The van der Waals surface area contributed by atoms with Crippen molar-refractivity contribution in [3.05, 3.63) is 62.6 Å². The summed E-state index contributed by atoms with van der Waals surface area (Å²) < 4.78 is 9.93. The summed E-state index contributed by atoms with van der Waals surface area (Å²) in [5.74, 6) is 0.216. The molecule has 0 radical (unpaired) electrons. The number of hydrogen-bond acceptors (Lipinski definition) is 4. The van der Waals surface area contributed by atoms with Gasteiger partial charge in [0.1, 0.15) is 16.5 Å². The number of carbonyl (C=O) groups is 1. The minimum Gasteiger partial charge on any atom is -0.470 e. The van der Waals surface area contributed by atoms with E-state index in [1.165, 1.54) is 4.68 Å². The van der Waals surface area contributed by atoms with Crippen molar-refractivity contribution in [2.45, 2.75) is 26.6 Å². The Bertz CT molecular complexity index is 953. The van der Waals surface area contributed by atoms with Gasteiger partial charge in [-0.15, -0.1) is 0 Å². The zero-order chi connectivity index (χ0) is 20.1. The maximum atomic E-state index is 12.2. The molecule has 0 bridgehead atoms. The van der Waals surface area contributed by atoms with Crippen LogP contribution in [0.4, 0.5) is 0 Å². The van der Waals surface area contributed by atoms with Crippen molar-refractivity contribution in [2.75, 3.05) is 6.54 Å². The largest absolute Gasteiger partial charge is 0.470 e. The smallest absolute Gasteiger partial charge is 0.271 e. The van der Waals surface area contributed by atoms with E-state index in [9.17, 15) is 4.79 Å². The summed E-state index contributed by atoms with van der Waals surface area (Å²) in [5.41, 5.74) is 1.26. The molecule has 0 atom stereocenters. The maximum Gasteiger partial charge on any atom is 0.271 e. The van der Waals surface area contributed by atoms with Crippen LogP contribution in [0.25, 0.3) is 0 Å². The van der Waals surface area contributed by atoms with Crippen LogP contribution in [0.2, 0.25) is 10.0 Å². The van der Waals surface area contributed by atoms with E-state index in [4.69, 9.17) is 27.9 Å². The van der Waals surface area contributed by atoms with Gasteiger partial charge in [0.15, 0.2) is 6.73 Å². The molecule has 0 saturated carbocycles. The summed E-state index contributed by atoms with van der Waals surface area (Å²) in [6, 6.07) is 6.77. The molecule has 2 heterocycles. The average Bonchev–Trinajstić information content (AvgIpc) is 3.27. The highest BCUT2D eigenvalue weighted by atomic mass is 79.9. The third-order valence-electron chi connectivity index (χ3n) is 3.88.